The van der Waals surface area contributed by atoms with Gasteiger partial charge in [-0.1, -0.05) is 29.8 Å². The van der Waals surface area contributed by atoms with Crippen LogP contribution in [0.3, 0.4) is 0 Å². The van der Waals surface area contributed by atoms with E-state index in [4.69, 9.17) is 20.8 Å². The zero-order valence-corrected chi connectivity index (χ0v) is 16.8. The van der Waals surface area contributed by atoms with Gasteiger partial charge in [-0.3, -0.25) is 9.59 Å². The number of halogens is 2. The first-order chi connectivity index (χ1) is 13.5. The second-order valence-electron chi connectivity index (χ2n) is 6.10. The fourth-order valence-corrected chi connectivity index (χ4v) is 3.38. The van der Waals surface area contributed by atoms with E-state index in [0.717, 1.165) is 5.56 Å². The van der Waals surface area contributed by atoms with E-state index in [1.807, 2.05) is 18.2 Å². The molecule has 142 valence electrons. The largest absolute Gasteiger partial charge is 0.482 e. The standard InChI is InChI=1S/C20H14BrClN2O4/c21-18-8-7-17(28-18)20(26)23-13-5-6-16-15(9-13)24(19(25)11-27-16)10-12-3-1-2-4-14(12)22/h1-9H,10-11H2,(H,23,26). The van der Waals surface area contributed by atoms with Gasteiger partial charge < -0.3 is 19.4 Å². The number of hydrogen-bond donors (Lipinski definition) is 1. The summed E-state index contributed by atoms with van der Waals surface area (Å²) < 4.78 is 11.2. The normalized spacial score (nSPS) is 13.1. The van der Waals surface area contributed by atoms with Gasteiger partial charge in [0.25, 0.3) is 11.8 Å². The van der Waals surface area contributed by atoms with E-state index in [0.29, 0.717) is 33.4 Å². The lowest BCUT2D eigenvalue weighted by molar-refractivity contribution is -0.121. The Balaban J connectivity index is 1.62. The molecule has 1 aromatic heterocycles. The summed E-state index contributed by atoms with van der Waals surface area (Å²) in [6.07, 6.45) is 0. The molecule has 2 heterocycles. The summed E-state index contributed by atoms with van der Waals surface area (Å²) in [6.45, 7) is 0.251. The average molecular weight is 462 g/mol. The molecule has 4 rings (SSSR count). The van der Waals surface area contributed by atoms with E-state index >= 15 is 0 Å². The summed E-state index contributed by atoms with van der Waals surface area (Å²) in [5.74, 6) is 0.146. The maximum atomic E-state index is 12.5. The topological polar surface area (TPSA) is 71.8 Å². The number of carbonyl (C=O) groups excluding carboxylic acids is 2. The molecule has 0 atom stereocenters. The second-order valence-corrected chi connectivity index (χ2v) is 7.29. The number of anilines is 2. The predicted octanol–water partition coefficient (Wildman–Crippen LogP) is 4.87. The summed E-state index contributed by atoms with van der Waals surface area (Å²) in [6, 6.07) is 15.7. The van der Waals surface area contributed by atoms with Crippen molar-refractivity contribution in [3.05, 3.63) is 75.6 Å². The average Bonchev–Trinajstić information content (AvgIpc) is 3.12. The number of furan rings is 1. The van der Waals surface area contributed by atoms with Gasteiger partial charge >= 0.3 is 0 Å². The molecule has 0 radical (unpaired) electrons. The van der Waals surface area contributed by atoms with Gasteiger partial charge in [-0.2, -0.15) is 0 Å². The highest BCUT2D eigenvalue weighted by Crippen LogP contribution is 2.36. The number of hydrogen-bond acceptors (Lipinski definition) is 4. The van der Waals surface area contributed by atoms with E-state index in [-0.39, 0.29) is 18.3 Å². The number of fused-ring (bicyclic) bond motifs is 1. The van der Waals surface area contributed by atoms with Crippen LogP contribution in [0.1, 0.15) is 16.1 Å². The number of carbonyl (C=O) groups is 2. The molecule has 2 aromatic carbocycles. The number of nitrogens with one attached hydrogen (secondary N) is 1. The molecule has 0 bridgehead atoms. The van der Waals surface area contributed by atoms with Crippen molar-refractivity contribution in [1.29, 1.82) is 0 Å². The van der Waals surface area contributed by atoms with E-state index in [1.54, 1.807) is 41.3 Å². The fraction of sp³-hybridized carbons (Fsp3) is 0.100. The zero-order valence-electron chi connectivity index (χ0n) is 14.4. The minimum atomic E-state index is -0.397. The molecule has 2 amide bonds. The quantitative estimate of drug-likeness (QED) is 0.601. The van der Waals surface area contributed by atoms with Gasteiger partial charge in [-0.05, 0) is 57.9 Å². The monoisotopic (exact) mass is 460 g/mol. The van der Waals surface area contributed by atoms with Gasteiger partial charge in [0.05, 0.1) is 12.2 Å². The van der Waals surface area contributed by atoms with Crippen LogP contribution in [0, 0.1) is 0 Å². The third kappa shape index (κ3) is 3.76. The summed E-state index contributed by atoms with van der Waals surface area (Å²) in [5, 5.41) is 3.34. The van der Waals surface area contributed by atoms with Gasteiger partial charge in [0.2, 0.25) is 0 Å². The number of ether oxygens (including phenoxy) is 1. The Morgan fingerprint density at radius 1 is 1.18 bits per heavy atom. The van der Waals surface area contributed by atoms with Crippen molar-refractivity contribution < 1.29 is 18.7 Å². The lowest BCUT2D eigenvalue weighted by atomic mass is 10.1. The molecule has 6 nitrogen and oxygen atoms in total. The molecule has 8 heteroatoms. The highest BCUT2D eigenvalue weighted by Gasteiger charge is 2.27. The van der Waals surface area contributed by atoms with Crippen LogP contribution in [0.2, 0.25) is 5.02 Å². The van der Waals surface area contributed by atoms with Gasteiger partial charge in [-0.25, -0.2) is 0 Å². The number of rotatable bonds is 4. The first-order valence-electron chi connectivity index (χ1n) is 8.38. The molecule has 0 unspecified atom stereocenters. The molecule has 0 aliphatic carbocycles. The van der Waals surface area contributed by atoms with Crippen LogP contribution in [0.15, 0.2) is 63.7 Å². The van der Waals surface area contributed by atoms with Crippen molar-refractivity contribution >= 4 is 50.7 Å². The molecule has 1 aliphatic heterocycles. The van der Waals surface area contributed by atoms with Crippen molar-refractivity contribution in [2.75, 3.05) is 16.8 Å². The lowest BCUT2D eigenvalue weighted by Gasteiger charge is -2.30. The Labute approximate surface area is 174 Å². The molecule has 1 N–H and O–H groups in total. The molecule has 3 aromatic rings. The molecule has 0 fully saturated rings. The van der Waals surface area contributed by atoms with Crippen molar-refractivity contribution in [2.45, 2.75) is 6.54 Å². The molecule has 28 heavy (non-hydrogen) atoms. The predicted molar refractivity (Wildman–Crippen MR) is 109 cm³/mol. The van der Waals surface area contributed by atoms with Gasteiger partial charge in [0.15, 0.2) is 17.0 Å². The van der Waals surface area contributed by atoms with E-state index in [2.05, 4.69) is 21.2 Å². The smallest absolute Gasteiger partial charge is 0.291 e. The molecule has 0 saturated carbocycles. The Morgan fingerprint density at radius 2 is 2.00 bits per heavy atom. The van der Waals surface area contributed by atoms with Crippen LogP contribution in [0.25, 0.3) is 0 Å². The summed E-state index contributed by atoms with van der Waals surface area (Å²) in [7, 11) is 0. The van der Waals surface area contributed by atoms with Crippen LogP contribution in [0.4, 0.5) is 11.4 Å². The van der Waals surface area contributed by atoms with Crippen LogP contribution in [-0.2, 0) is 11.3 Å². The van der Waals surface area contributed by atoms with Gasteiger partial charge in [0, 0.05) is 10.7 Å². The molecule has 1 aliphatic rings. The maximum Gasteiger partial charge on any atom is 0.291 e. The van der Waals surface area contributed by atoms with Crippen LogP contribution in [-0.4, -0.2) is 18.4 Å². The second kappa shape index (κ2) is 7.69. The summed E-state index contributed by atoms with van der Waals surface area (Å²) in [5.41, 5.74) is 1.90. The van der Waals surface area contributed by atoms with E-state index in [9.17, 15) is 9.59 Å². The highest BCUT2D eigenvalue weighted by atomic mass is 79.9. The summed E-state index contributed by atoms with van der Waals surface area (Å²) in [4.78, 5) is 26.4. The Bertz CT molecular complexity index is 1070. The van der Waals surface area contributed by atoms with Gasteiger partial charge in [-0.15, -0.1) is 0 Å². The van der Waals surface area contributed by atoms with E-state index in [1.165, 1.54) is 0 Å². The highest BCUT2D eigenvalue weighted by molar-refractivity contribution is 9.10. The van der Waals surface area contributed by atoms with Crippen molar-refractivity contribution in [2.24, 2.45) is 0 Å². The maximum absolute atomic E-state index is 12.5. The van der Waals surface area contributed by atoms with Crippen LogP contribution < -0.4 is 15.0 Å². The van der Waals surface area contributed by atoms with Crippen LogP contribution >= 0.6 is 27.5 Å². The first kappa shape index (κ1) is 18.6. The van der Waals surface area contributed by atoms with Crippen molar-refractivity contribution in [3.63, 3.8) is 0 Å². The minimum Gasteiger partial charge on any atom is -0.482 e. The number of nitrogens with zero attached hydrogens (tertiary/aromatic N) is 1. The third-order valence-electron chi connectivity index (χ3n) is 4.24. The lowest BCUT2D eigenvalue weighted by Crippen LogP contribution is -2.38. The first-order valence-corrected chi connectivity index (χ1v) is 9.55. The van der Waals surface area contributed by atoms with Crippen LogP contribution in [0.5, 0.6) is 5.75 Å². The molecular weight excluding hydrogens is 448 g/mol. The number of benzene rings is 2. The Kier molecular flexibility index (Phi) is 5.11. The van der Waals surface area contributed by atoms with Crippen molar-refractivity contribution in [1.82, 2.24) is 0 Å². The minimum absolute atomic E-state index is 0.0520. The zero-order chi connectivity index (χ0) is 19.7. The third-order valence-corrected chi connectivity index (χ3v) is 5.04. The number of amides is 2. The SMILES string of the molecule is O=C(Nc1ccc2c(c1)N(Cc1ccccc1Cl)C(=O)CO2)c1ccc(Br)o1. The molecule has 0 spiro atoms. The summed E-state index contributed by atoms with van der Waals surface area (Å²) >= 11 is 9.42. The molecular formula is C20H14BrClN2O4. The Morgan fingerprint density at radius 3 is 2.75 bits per heavy atom. The Hall–Kier alpha value is -2.77. The molecule has 0 saturated heterocycles. The fourth-order valence-electron chi connectivity index (χ4n) is 2.88. The van der Waals surface area contributed by atoms with Gasteiger partial charge in [0.1, 0.15) is 5.75 Å². The van der Waals surface area contributed by atoms with Crippen molar-refractivity contribution in [3.8, 4) is 5.75 Å². The van der Waals surface area contributed by atoms with E-state index < -0.39 is 5.91 Å².